The number of benzene rings is 1. The van der Waals surface area contributed by atoms with E-state index >= 15 is 0 Å². The van der Waals surface area contributed by atoms with Gasteiger partial charge in [-0.05, 0) is 37.8 Å². The number of nitrogens with one attached hydrogen (secondary N) is 1. The summed E-state index contributed by atoms with van der Waals surface area (Å²) >= 11 is 0. The molecule has 0 atom stereocenters. The molecule has 0 saturated carbocycles. The molecule has 2 rings (SSSR count). The molecule has 0 spiro atoms. The SMILES string of the molecule is CCCNC(=O)N1CCCc2cc(C)ccc21. The normalized spacial score (nSPS) is 14.4. The van der Waals surface area contributed by atoms with Crippen LogP contribution in [0.25, 0.3) is 0 Å². The lowest BCUT2D eigenvalue weighted by Crippen LogP contribution is -2.43. The molecule has 0 aliphatic carbocycles. The van der Waals surface area contributed by atoms with Gasteiger partial charge in [0, 0.05) is 18.8 Å². The highest BCUT2D eigenvalue weighted by molar-refractivity contribution is 5.93. The summed E-state index contributed by atoms with van der Waals surface area (Å²) < 4.78 is 0. The van der Waals surface area contributed by atoms with E-state index < -0.39 is 0 Å². The zero-order chi connectivity index (χ0) is 12.3. The van der Waals surface area contributed by atoms with Gasteiger partial charge in [0.15, 0.2) is 0 Å². The number of nitrogens with zero attached hydrogens (tertiary/aromatic N) is 1. The number of carbonyl (C=O) groups is 1. The maximum atomic E-state index is 12.0. The van der Waals surface area contributed by atoms with Gasteiger partial charge in [-0.25, -0.2) is 4.79 Å². The van der Waals surface area contributed by atoms with Crippen molar-refractivity contribution < 1.29 is 4.79 Å². The van der Waals surface area contributed by atoms with Crippen LogP contribution in [0, 0.1) is 6.92 Å². The van der Waals surface area contributed by atoms with E-state index in [9.17, 15) is 4.79 Å². The summed E-state index contributed by atoms with van der Waals surface area (Å²) in [4.78, 5) is 13.9. The largest absolute Gasteiger partial charge is 0.338 e. The van der Waals surface area contributed by atoms with E-state index in [1.54, 1.807) is 0 Å². The molecule has 1 aromatic carbocycles. The van der Waals surface area contributed by atoms with Crippen molar-refractivity contribution in [3.63, 3.8) is 0 Å². The number of fused-ring (bicyclic) bond motifs is 1. The number of carbonyl (C=O) groups excluding carboxylic acids is 1. The van der Waals surface area contributed by atoms with Crippen molar-refractivity contribution in [1.82, 2.24) is 5.32 Å². The average molecular weight is 232 g/mol. The first kappa shape index (κ1) is 12.0. The van der Waals surface area contributed by atoms with E-state index in [4.69, 9.17) is 0 Å². The van der Waals surface area contributed by atoms with E-state index in [-0.39, 0.29) is 6.03 Å². The third-order valence-electron chi connectivity index (χ3n) is 3.13. The topological polar surface area (TPSA) is 32.3 Å². The number of rotatable bonds is 2. The molecule has 1 aromatic rings. The number of hydrogen-bond acceptors (Lipinski definition) is 1. The number of hydrogen-bond donors (Lipinski definition) is 1. The minimum Gasteiger partial charge on any atom is -0.338 e. The Morgan fingerprint density at radius 3 is 3.06 bits per heavy atom. The Hall–Kier alpha value is -1.51. The number of amides is 2. The van der Waals surface area contributed by atoms with E-state index in [0.717, 1.165) is 38.0 Å². The standard InChI is InChI=1S/C14H20N2O/c1-3-8-15-14(17)16-9-4-5-12-10-11(2)6-7-13(12)16/h6-7,10H,3-5,8-9H2,1-2H3,(H,15,17). The first-order chi connectivity index (χ1) is 8.22. The zero-order valence-electron chi connectivity index (χ0n) is 10.6. The lowest BCUT2D eigenvalue weighted by Gasteiger charge is -2.29. The van der Waals surface area contributed by atoms with Crippen molar-refractivity contribution in [3.05, 3.63) is 29.3 Å². The summed E-state index contributed by atoms with van der Waals surface area (Å²) in [6.07, 6.45) is 3.10. The van der Waals surface area contributed by atoms with Gasteiger partial charge in [-0.1, -0.05) is 24.6 Å². The Morgan fingerprint density at radius 1 is 1.47 bits per heavy atom. The second kappa shape index (κ2) is 5.21. The molecule has 1 aliphatic rings. The van der Waals surface area contributed by atoms with Crippen molar-refractivity contribution in [1.29, 1.82) is 0 Å². The van der Waals surface area contributed by atoms with Gasteiger partial charge in [-0.3, -0.25) is 4.90 Å². The molecule has 0 saturated heterocycles. The maximum absolute atomic E-state index is 12.0. The number of aryl methyl sites for hydroxylation is 2. The van der Waals surface area contributed by atoms with Gasteiger partial charge in [0.1, 0.15) is 0 Å². The van der Waals surface area contributed by atoms with Crippen LogP contribution in [0.4, 0.5) is 10.5 Å². The van der Waals surface area contributed by atoms with Gasteiger partial charge >= 0.3 is 6.03 Å². The quantitative estimate of drug-likeness (QED) is 0.835. The highest BCUT2D eigenvalue weighted by Gasteiger charge is 2.21. The molecule has 1 N–H and O–H groups in total. The van der Waals surface area contributed by atoms with E-state index in [1.807, 2.05) is 4.90 Å². The van der Waals surface area contributed by atoms with Crippen molar-refractivity contribution >= 4 is 11.7 Å². The number of urea groups is 1. The summed E-state index contributed by atoms with van der Waals surface area (Å²) in [6, 6.07) is 6.37. The van der Waals surface area contributed by atoms with E-state index in [0.29, 0.717) is 0 Å². The smallest absolute Gasteiger partial charge is 0.321 e. The summed E-state index contributed by atoms with van der Waals surface area (Å²) in [7, 11) is 0. The molecule has 0 aromatic heterocycles. The fraction of sp³-hybridized carbons (Fsp3) is 0.500. The third-order valence-corrected chi connectivity index (χ3v) is 3.13. The Labute approximate surface area is 103 Å². The van der Waals surface area contributed by atoms with Gasteiger partial charge in [-0.2, -0.15) is 0 Å². The van der Waals surface area contributed by atoms with Crippen LogP contribution in [0.15, 0.2) is 18.2 Å². The van der Waals surface area contributed by atoms with Gasteiger partial charge in [-0.15, -0.1) is 0 Å². The fourth-order valence-corrected chi connectivity index (χ4v) is 2.26. The van der Waals surface area contributed by atoms with Crippen LogP contribution in [-0.2, 0) is 6.42 Å². The molecule has 3 nitrogen and oxygen atoms in total. The molecule has 0 unspecified atom stereocenters. The second-order valence-corrected chi connectivity index (χ2v) is 4.62. The van der Waals surface area contributed by atoms with Gasteiger partial charge in [0.25, 0.3) is 0 Å². The monoisotopic (exact) mass is 232 g/mol. The molecule has 0 radical (unpaired) electrons. The van der Waals surface area contributed by atoms with Crippen molar-refractivity contribution in [2.24, 2.45) is 0 Å². The molecular weight excluding hydrogens is 212 g/mol. The minimum absolute atomic E-state index is 0.0386. The third kappa shape index (κ3) is 2.60. The van der Waals surface area contributed by atoms with Crippen LogP contribution >= 0.6 is 0 Å². The fourth-order valence-electron chi connectivity index (χ4n) is 2.26. The molecule has 1 aliphatic heterocycles. The summed E-state index contributed by atoms with van der Waals surface area (Å²) in [6.45, 7) is 5.73. The first-order valence-corrected chi connectivity index (χ1v) is 6.37. The Balaban J connectivity index is 2.19. The summed E-state index contributed by atoms with van der Waals surface area (Å²) in [5.74, 6) is 0. The molecule has 17 heavy (non-hydrogen) atoms. The van der Waals surface area contributed by atoms with E-state index in [1.165, 1.54) is 11.1 Å². The van der Waals surface area contributed by atoms with Crippen LogP contribution < -0.4 is 10.2 Å². The molecule has 0 bridgehead atoms. The molecule has 92 valence electrons. The zero-order valence-corrected chi connectivity index (χ0v) is 10.6. The van der Waals surface area contributed by atoms with Crippen LogP contribution in [0.2, 0.25) is 0 Å². The predicted molar refractivity (Wildman–Crippen MR) is 70.5 cm³/mol. The first-order valence-electron chi connectivity index (χ1n) is 6.37. The lowest BCUT2D eigenvalue weighted by molar-refractivity contribution is 0.246. The molecule has 3 heteroatoms. The molecule has 1 heterocycles. The molecular formula is C14H20N2O. The average Bonchev–Trinajstić information content (AvgIpc) is 2.34. The summed E-state index contributed by atoms with van der Waals surface area (Å²) in [5.41, 5.74) is 3.64. The van der Waals surface area contributed by atoms with Gasteiger partial charge in [0.05, 0.1) is 0 Å². The van der Waals surface area contributed by atoms with Crippen molar-refractivity contribution in [2.45, 2.75) is 33.1 Å². The van der Waals surface area contributed by atoms with Crippen LogP contribution in [0.1, 0.15) is 30.9 Å². The minimum atomic E-state index is 0.0386. The Bertz CT molecular complexity index is 415. The van der Waals surface area contributed by atoms with Gasteiger partial charge < -0.3 is 5.32 Å². The highest BCUT2D eigenvalue weighted by Crippen LogP contribution is 2.27. The molecule has 2 amide bonds. The van der Waals surface area contributed by atoms with Gasteiger partial charge in [0.2, 0.25) is 0 Å². The van der Waals surface area contributed by atoms with Crippen molar-refractivity contribution in [2.75, 3.05) is 18.0 Å². The number of anilines is 1. The maximum Gasteiger partial charge on any atom is 0.321 e. The second-order valence-electron chi connectivity index (χ2n) is 4.62. The Kier molecular flexibility index (Phi) is 3.67. The summed E-state index contributed by atoms with van der Waals surface area (Å²) in [5, 5.41) is 2.94. The predicted octanol–water partition coefficient (Wildman–Crippen LogP) is 2.87. The van der Waals surface area contributed by atoms with Crippen LogP contribution in [0.3, 0.4) is 0 Å². The van der Waals surface area contributed by atoms with Crippen molar-refractivity contribution in [3.8, 4) is 0 Å². The Morgan fingerprint density at radius 2 is 2.29 bits per heavy atom. The van der Waals surface area contributed by atoms with Crippen LogP contribution in [-0.4, -0.2) is 19.1 Å². The highest BCUT2D eigenvalue weighted by atomic mass is 16.2. The molecule has 0 fully saturated rings. The van der Waals surface area contributed by atoms with Crippen LogP contribution in [0.5, 0.6) is 0 Å². The lowest BCUT2D eigenvalue weighted by atomic mass is 10.00. The van der Waals surface area contributed by atoms with E-state index in [2.05, 4.69) is 37.4 Å².